The maximum Gasteiger partial charge on any atom is 0.269 e. The third-order valence-corrected chi connectivity index (χ3v) is 5.37. The second kappa shape index (κ2) is 5.84. The number of aromatic nitrogens is 3. The summed E-state index contributed by atoms with van der Waals surface area (Å²) < 4.78 is 27.2. The fourth-order valence-electron chi connectivity index (χ4n) is 2.57. The zero-order valence-electron chi connectivity index (χ0n) is 15.0. The molecule has 1 N–H and O–H groups in total. The Morgan fingerprint density at radius 1 is 1.00 bits per heavy atom. The molecule has 0 saturated carbocycles. The van der Waals surface area contributed by atoms with Crippen LogP contribution in [0.1, 0.15) is 32.2 Å². The number of anilines is 1. The van der Waals surface area contributed by atoms with E-state index < -0.39 is 10.0 Å². The maximum atomic E-state index is 13.0. The summed E-state index contributed by atoms with van der Waals surface area (Å²) in [6, 6.07) is 8.52. The predicted octanol–water partition coefficient (Wildman–Crippen LogP) is 3.50. The van der Waals surface area contributed by atoms with Crippen LogP contribution in [0, 0.1) is 13.8 Å². The molecule has 0 unspecified atom stereocenters. The number of aryl methyl sites for hydroxylation is 2. The van der Waals surface area contributed by atoms with Crippen LogP contribution in [0.3, 0.4) is 0 Å². The minimum absolute atomic E-state index is 0.203. The zero-order valence-corrected chi connectivity index (χ0v) is 15.8. The summed E-state index contributed by atoms with van der Waals surface area (Å²) in [5.41, 5.74) is 1.18. The quantitative estimate of drug-likeness (QED) is 0.775. The summed E-state index contributed by atoms with van der Waals surface area (Å²) in [4.78, 5) is 9.04. The number of rotatable bonds is 3. The first-order chi connectivity index (χ1) is 11.6. The monoisotopic (exact) mass is 358 g/mol. The van der Waals surface area contributed by atoms with Gasteiger partial charge in [0.15, 0.2) is 5.65 Å². The van der Waals surface area contributed by atoms with Gasteiger partial charge in [0, 0.05) is 11.7 Å². The fourth-order valence-corrected chi connectivity index (χ4v) is 3.86. The smallest absolute Gasteiger partial charge is 0.269 e. The molecule has 0 radical (unpaired) electrons. The van der Waals surface area contributed by atoms with Gasteiger partial charge in [-0.1, -0.05) is 17.7 Å². The molecule has 0 aliphatic heterocycles. The van der Waals surface area contributed by atoms with Crippen LogP contribution in [-0.4, -0.2) is 27.9 Å². The molecule has 3 rings (SSSR count). The average molecular weight is 358 g/mol. The SMILES string of the molecule is Cc1ccc(S(=O)(=O)n2ccc3c(NC(C)(C)C)nc(C)nc32)cc1. The molecule has 3 aromatic rings. The highest BCUT2D eigenvalue weighted by Gasteiger charge is 2.22. The van der Waals surface area contributed by atoms with Crippen molar-refractivity contribution in [2.45, 2.75) is 45.1 Å². The van der Waals surface area contributed by atoms with Crippen LogP contribution >= 0.6 is 0 Å². The topological polar surface area (TPSA) is 76.9 Å². The molecule has 1 aromatic carbocycles. The lowest BCUT2D eigenvalue weighted by atomic mass is 10.1. The molecule has 25 heavy (non-hydrogen) atoms. The van der Waals surface area contributed by atoms with Crippen molar-refractivity contribution < 1.29 is 8.42 Å². The molecule has 132 valence electrons. The molecule has 6 nitrogen and oxygen atoms in total. The molecule has 0 fully saturated rings. The van der Waals surface area contributed by atoms with E-state index in [0.717, 1.165) is 5.56 Å². The van der Waals surface area contributed by atoms with Gasteiger partial charge in [-0.05, 0) is 52.8 Å². The van der Waals surface area contributed by atoms with Gasteiger partial charge in [-0.15, -0.1) is 0 Å². The van der Waals surface area contributed by atoms with E-state index in [1.165, 1.54) is 10.2 Å². The van der Waals surface area contributed by atoms with Gasteiger partial charge in [0.05, 0.1) is 10.3 Å². The largest absolute Gasteiger partial charge is 0.365 e. The summed E-state index contributed by atoms with van der Waals surface area (Å²) in [6.07, 6.45) is 1.53. The van der Waals surface area contributed by atoms with Crippen LogP contribution in [0.15, 0.2) is 41.4 Å². The first-order valence-corrected chi connectivity index (χ1v) is 9.48. The van der Waals surface area contributed by atoms with Crippen molar-refractivity contribution in [3.63, 3.8) is 0 Å². The van der Waals surface area contributed by atoms with Gasteiger partial charge >= 0.3 is 0 Å². The third kappa shape index (κ3) is 3.37. The molecule has 0 amide bonds. The lowest BCUT2D eigenvalue weighted by Crippen LogP contribution is -2.27. The highest BCUT2D eigenvalue weighted by Crippen LogP contribution is 2.27. The Kier molecular flexibility index (Phi) is 4.07. The average Bonchev–Trinajstić information content (AvgIpc) is 2.90. The normalized spacial score (nSPS) is 12.5. The van der Waals surface area contributed by atoms with Crippen LogP contribution in [0.2, 0.25) is 0 Å². The van der Waals surface area contributed by atoms with Crippen LogP contribution < -0.4 is 5.32 Å². The molecule has 0 saturated heterocycles. The van der Waals surface area contributed by atoms with Gasteiger partial charge in [0.25, 0.3) is 10.0 Å². The highest BCUT2D eigenvalue weighted by atomic mass is 32.2. The van der Waals surface area contributed by atoms with Gasteiger partial charge in [-0.3, -0.25) is 0 Å². The van der Waals surface area contributed by atoms with Gasteiger partial charge in [-0.2, -0.15) is 0 Å². The van der Waals surface area contributed by atoms with E-state index in [1.807, 2.05) is 27.7 Å². The summed E-state index contributed by atoms with van der Waals surface area (Å²) >= 11 is 0. The molecule has 0 aliphatic rings. The number of hydrogen-bond acceptors (Lipinski definition) is 5. The number of hydrogen-bond donors (Lipinski definition) is 1. The summed E-state index contributed by atoms with van der Waals surface area (Å²) in [5.74, 6) is 1.14. The van der Waals surface area contributed by atoms with Gasteiger partial charge in [0.2, 0.25) is 0 Å². The molecular formula is C18H22N4O2S. The molecule has 7 heteroatoms. The third-order valence-electron chi connectivity index (χ3n) is 3.69. The minimum atomic E-state index is -3.72. The molecule has 0 bridgehead atoms. The van der Waals surface area contributed by atoms with E-state index in [9.17, 15) is 8.42 Å². The molecule has 0 spiro atoms. The van der Waals surface area contributed by atoms with E-state index >= 15 is 0 Å². The Morgan fingerprint density at radius 2 is 1.64 bits per heavy atom. The van der Waals surface area contributed by atoms with Crippen molar-refractivity contribution in [2.75, 3.05) is 5.32 Å². The van der Waals surface area contributed by atoms with Crippen molar-refractivity contribution in [2.24, 2.45) is 0 Å². The first kappa shape index (κ1) is 17.4. The van der Waals surface area contributed by atoms with Crippen LogP contribution in [-0.2, 0) is 10.0 Å². The molecule has 2 aromatic heterocycles. The summed E-state index contributed by atoms with van der Waals surface area (Å²) in [5, 5.41) is 3.99. The standard InChI is InChI=1S/C18H22N4O2S/c1-12-6-8-14(9-7-12)25(23,24)22-11-10-15-16(21-18(3,4)5)19-13(2)20-17(15)22/h6-11H,1-5H3,(H,19,20,21). The second-order valence-corrected chi connectivity index (χ2v) is 8.98. The van der Waals surface area contributed by atoms with Crippen molar-refractivity contribution in [3.05, 3.63) is 47.9 Å². The predicted molar refractivity (Wildman–Crippen MR) is 99.4 cm³/mol. The Hall–Kier alpha value is -2.41. The van der Waals surface area contributed by atoms with Gasteiger partial charge in [0.1, 0.15) is 11.6 Å². The van der Waals surface area contributed by atoms with Crippen LogP contribution in [0.4, 0.5) is 5.82 Å². The lowest BCUT2D eigenvalue weighted by Gasteiger charge is -2.22. The van der Waals surface area contributed by atoms with E-state index in [4.69, 9.17) is 0 Å². The van der Waals surface area contributed by atoms with Crippen LogP contribution in [0.5, 0.6) is 0 Å². The van der Waals surface area contributed by atoms with Crippen molar-refractivity contribution in [1.29, 1.82) is 0 Å². The fraction of sp³-hybridized carbons (Fsp3) is 0.333. The van der Waals surface area contributed by atoms with Crippen molar-refractivity contribution in [1.82, 2.24) is 13.9 Å². The van der Waals surface area contributed by atoms with E-state index in [1.54, 1.807) is 37.3 Å². The van der Waals surface area contributed by atoms with Gasteiger partial charge in [-0.25, -0.2) is 22.4 Å². The number of nitrogens with zero attached hydrogens (tertiary/aromatic N) is 3. The molecule has 0 atom stereocenters. The van der Waals surface area contributed by atoms with Gasteiger partial charge < -0.3 is 5.32 Å². The molecule has 0 aliphatic carbocycles. The molecule has 2 heterocycles. The van der Waals surface area contributed by atoms with Crippen LogP contribution in [0.25, 0.3) is 11.0 Å². The second-order valence-electron chi connectivity index (χ2n) is 7.16. The Morgan fingerprint density at radius 3 is 2.24 bits per heavy atom. The van der Waals surface area contributed by atoms with E-state index in [-0.39, 0.29) is 10.4 Å². The highest BCUT2D eigenvalue weighted by molar-refractivity contribution is 7.90. The first-order valence-electron chi connectivity index (χ1n) is 8.04. The Labute approximate surface area is 148 Å². The Balaban J connectivity index is 2.20. The number of benzene rings is 1. The summed E-state index contributed by atoms with van der Waals surface area (Å²) in [6.45, 7) is 9.74. The minimum Gasteiger partial charge on any atom is -0.365 e. The number of fused-ring (bicyclic) bond motifs is 1. The summed E-state index contributed by atoms with van der Waals surface area (Å²) in [7, 11) is -3.72. The van der Waals surface area contributed by atoms with Crippen molar-refractivity contribution >= 4 is 26.9 Å². The Bertz CT molecular complexity index is 1030. The van der Waals surface area contributed by atoms with Crippen molar-refractivity contribution in [3.8, 4) is 0 Å². The number of nitrogens with one attached hydrogen (secondary N) is 1. The zero-order chi connectivity index (χ0) is 18.4. The lowest BCUT2D eigenvalue weighted by molar-refractivity contribution is 0.588. The van der Waals surface area contributed by atoms with E-state index in [2.05, 4.69) is 15.3 Å². The maximum absolute atomic E-state index is 13.0. The molecular weight excluding hydrogens is 336 g/mol. The van der Waals surface area contributed by atoms with E-state index in [0.29, 0.717) is 22.7 Å².